The molecule has 2 fully saturated rings. The van der Waals surface area contributed by atoms with Gasteiger partial charge in [-0.25, -0.2) is 0 Å². The molecule has 36 heavy (non-hydrogen) atoms. The Labute approximate surface area is 210 Å². The molecule has 2 aromatic carbocycles. The molecule has 2 amide bonds. The number of H-pyrrole nitrogens is 1. The Morgan fingerprint density at radius 3 is 2.72 bits per heavy atom. The summed E-state index contributed by atoms with van der Waals surface area (Å²) in [6.07, 6.45) is 1.37. The zero-order chi connectivity index (χ0) is 24.6. The summed E-state index contributed by atoms with van der Waals surface area (Å²) in [5, 5.41) is 1.12. The summed E-state index contributed by atoms with van der Waals surface area (Å²) in [5.41, 5.74) is 4.07. The van der Waals surface area contributed by atoms with Crippen molar-refractivity contribution in [2.45, 2.75) is 24.9 Å². The summed E-state index contributed by atoms with van der Waals surface area (Å²) in [6, 6.07) is 15.1. The molecule has 8 heteroatoms. The molecular weight excluding hydrogens is 456 g/mol. The first-order chi connectivity index (χ1) is 17.6. The van der Waals surface area contributed by atoms with Crippen molar-refractivity contribution in [1.82, 2.24) is 19.7 Å². The van der Waals surface area contributed by atoms with Crippen LogP contribution in [0.4, 0.5) is 0 Å². The number of hydrogen-bond acceptors (Lipinski definition) is 5. The second-order valence-corrected chi connectivity index (χ2v) is 9.83. The third kappa shape index (κ3) is 4.04. The molecule has 0 unspecified atom stereocenters. The van der Waals surface area contributed by atoms with Gasteiger partial charge in [0.25, 0.3) is 0 Å². The van der Waals surface area contributed by atoms with E-state index in [1.807, 2.05) is 41.3 Å². The van der Waals surface area contributed by atoms with E-state index in [-0.39, 0.29) is 24.4 Å². The summed E-state index contributed by atoms with van der Waals surface area (Å²) in [6.45, 7) is 5.00. The van der Waals surface area contributed by atoms with E-state index in [0.717, 1.165) is 72.7 Å². The fourth-order valence-electron chi connectivity index (χ4n) is 5.98. The van der Waals surface area contributed by atoms with Crippen LogP contribution in [-0.2, 0) is 20.7 Å². The molecule has 0 spiro atoms. The van der Waals surface area contributed by atoms with Crippen LogP contribution in [0.15, 0.2) is 48.5 Å². The van der Waals surface area contributed by atoms with Crippen molar-refractivity contribution in [3.63, 3.8) is 0 Å². The van der Waals surface area contributed by atoms with Gasteiger partial charge in [0, 0.05) is 49.2 Å². The summed E-state index contributed by atoms with van der Waals surface area (Å²) in [4.78, 5) is 37.0. The Morgan fingerprint density at radius 1 is 1.06 bits per heavy atom. The highest BCUT2D eigenvalue weighted by atomic mass is 16.5. The van der Waals surface area contributed by atoms with Gasteiger partial charge >= 0.3 is 0 Å². The number of fused-ring (bicyclic) bond motifs is 4. The first-order valence-corrected chi connectivity index (χ1v) is 12.8. The van der Waals surface area contributed by atoms with Gasteiger partial charge in [-0.2, -0.15) is 0 Å². The van der Waals surface area contributed by atoms with Gasteiger partial charge in [-0.3, -0.25) is 14.5 Å². The average molecular weight is 489 g/mol. The second-order valence-electron chi connectivity index (χ2n) is 9.83. The zero-order valence-corrected chi connectivity index (χ0v) is 20.6. The number of rotatable bonds is 6. The molecule has 6 rings (SSSR count). The van der Waals surface area contributed by atoms with Crippen LogP contribution in [0, 0.1) is 0 Å². The summed E-state index contributed by atoms with van der Waals surface area (Å²) >= 11 is 0. The lowest BCUT2D eigenvalue weighted by atomic mass is 9.86. The Hall–Kier alpha value is -3.36. The van der Waals surface area contributed by atoms with Gasteiger partial charge in [0.15, 0.2) is 0 Å². The molecule has 2 atom stereocenters. The highest BCUT2D eigenvalue weighted by Gasteiger charge is 2.48. The van der Waals surface area contributed by atoms with Gasteiger partial charge in [0.05, 0.1) is 32.9 Å². The van der Waals surface area contributed by atoms with Crippen molar-refractivity contribution in [2.75, 3.05) is 53.0 Å². The van der Waals surface area contributed by atoms with Crippen LogP contribution in [0.3, 0.4) is 0 Å². The smallest absolute Gasteiger partial charge is 0.246 e. The Balaban J connectivity index is 1.32. The number of carbonyl (C=O) groups is 2. The maximum Gasteiger partial charge on any atom is 0.246 e. The number of aromatic amines is 1. The topological polar surface area (TPSA) is 78.1 Å². The number of aromatic nitrogens is 1. The Bertz CT molecular complexity index is 1280. The SMILES string of the molecule is COc1cccc([C@H]2c3[nH]c4ccccc4c3C[C@H]3C(=O)N(CCCN4CCOCC4)CC(=O)N23)c1. The van der Waals surface area contributed by atoms with E-state index in [0.29, 0.717) is 13.0 Å². The van der Waals surface area contributed by atoms with Crippen LogP contribution < -0.4 is 4.74 Å². The molecule has 3 aromatic rings. The van der Waals surface area contributed by atoms with E-state index in [1.165, 1.54) is 0 Å². The van der Waals surface area contributed by atoms with Crippen LogP contribution in [0.1, 0.15) is 29.3 Å². The number of nitrogens with zero attached hydrogens (tertiary/aromatic N) is 3. The molecule has 3 aliphatic rings. The second kappa shape index (κ2) is 9.59. The molecule has 1 N–H and O–H groups in total. The van der Waals surface area contributed by atoms with Gasteiger partial charge in [-0.1, -0.05) is 30.3 Å². The van der Waals surface area contributed by atoms with Crippen molar-refractivity contribution in [2.24, 2.45) is 0 Å². The monoisotopic (exact) mass is 488 g/mol. The molecule has 0 saturated carbocycles. The molecule has 1 aromatic heterocycles. The summed E-state index contributed by atoms with van der Waals surface area (Å²) < 4.78 is 10.9. The molecule has 8 nitrogen and oxygen atoms in total. The lowest BCUT2D eigenvalue weighted by molar-refractivity contribution is -0.158. The number of nitrogens with one attached hydrogen (secondary N) is 1. The van der Waals surface area contributed by atoms with Gasteiger partial charge in [-0.05, 0) is 35.7 Å². The molecule has 188 valence electrons. The number of piperazine rings is 1. The first kappa shape index (κ1) is 23.1. The Morgan fingerprint density at radius 2 is 1.89 bits per heavy atom. The molecule has 4 heterocycles. The number of carbonyl (C=O) groups excluding carboxylic acids is 2. The minimum atomic E-state index is -0.516. The number of methoxy groups -OCH3 is 1. The lowest BCUT2D eigenvalue weighted by Crippen LogP contribution is -2.63. The summed E-state index contributed by atoms with van der Waals surface area (Å²) in [7, 11) is 1.64. The maximum atomic E-state index is 13.8. The molecule has 2 saturated heterocycles. The fraction of sp³-hybridized carbons (Fsp3) is 0.429. The van der Waals surface area contributed by atoms with Gasteiger partial charge < -0.3 is 24.3 Å². The third-order valence-corrected chi connectivity index (χ3v) is 7.76. The third-order valence-electron chi connectivity index (χ3n) is 7.76. The van der Waals surface area contributed by atoms with Crippen molar-refractivity contribution < 1.29 is 19.1 Å². The van der Waals surface area contributed by atoms with E-state index in [2.05, 4.69) is 22.0 Å². The van der Waals surface area contributed by atoms with Gasteiger partial charge in [-0.15, -0.1) is 0 Å². The molecule has 0 aliphatic carbocycles. The highest BCUT2D eigenvalue weighted by Crippen LogP contribution is 2.43. The van der Waals surface area contributed by atoms with Gasteiger partial charge in [0.1, 0.15) is 11.8 Å². The predicted molar refractivity (Wildman–Crippen MR) is 136 cm³/mol. The number of morpholine rings is 1. The van der Waals surface area contributed by atoms with E-state index in [9.17, 15) is 9.59 Å². The van der Waals surface area contributed by atoms with Crippen molar-refractivity contribution in [1.29, 1.82) is 0 Å². The van der Waals surface area contributed by atoms with Crippen LogP contribution in [0.5, 0.6) is 5.75 Å². The lowest BCUT2D eigenvalue weighted by Gasteiger charge is -2.47. The first-order valence-electron chi connectivity index (χ1n) is 12.8. The molecule has 3 aliphatic heterocycles. The number of hydrogen-bond donors (Lipinski definition) is 1. The van der Waals surface area contributed by atoms with Crippen LogP contribution >= 0.6 is 0 Å². The van der Waals surface area contributed by atoms with E-state index >= 15 is 0 Å². The fourth-order valence-corrected chi connectivity index (χ4v) is 5.98. The highest BCUT2D eigenvalue weighted by molar-refractivity contribution is 5.97. The zero-order valence-electron chi connectivity index (χ0n) is 20.6. The predicted octanol–water partition coefficient (Wildman–Crippen LogP) is 2.58. The standard InChI is InChI=1S/C28H32N4O4/c1-35-20-7-4-6-19(16-20)27-26-22(21-8-2-3-9-23(21)29-26)17-24-28(34)31(18-25(33)32(24)27)11-5-10-30-12-14-36-15-13-30/h2-4,6-9,16,24,27,29H,5,10-15,17-18H2,1H3/t24-,27-/m0/s1. The molecule has 0 bridgehead atoms. The van der Waals surface area contributed by atoms with Gasteiger partial charge in [0.2, 0.25) is 11.8 Å². The number of benzene rings is 2. The minimum Gasteiger partial charge on any atom is -0.497 e. The largest absolute Gasteiger partial charge is 0.497 e. The number of para-hydroxylation sites is 1. The van der Waals surface area contributed by atoms with Crippen LogP contribution in [-0.4, -0.2) is 90.6 Å². The maximum absolute atomic E-state index is 13.8. The normalized spacial score (nSPS) is 22.6. The number of amides is 2. The van der Waals surface area contributed by atoms with Crippen LogP contribution in [0.25, 0.3) is 10.9 Å². The minimum absolute atomic E-state index is 0.0110. The van der Waals surface area contributed by atoms with E-state index < -0.39 is 6.04 Å². The quantitative estimate of drug-likeness (QED) is 0.577. The average Bonchev–Trinajstić information content (AvgIpc) is 3.29. The van der Waals surface area contributed by atoms with Crippen LogP contribution in [0.2, 0.25) is 0 Å². The Kier molecular flexibility index (Phi) is 6.15. The number of ether oxygens (including phenoxy) is 2. The molecular formula is C28H32N4O4. The van der Waals surface area contributed by atoms with E-state index in [1.54, 1.807) is 12.0 Å². The summed E-state index contributed by atoms with van der Waals surface area (Å²) in [5.74, 6) is 0.760. The van der Waals surface area contributed by atoms with Crippen molar-refractivity contribution >= 4 is 22.7 Å². The van der Waals surface area contributed by atoms with Crippen molar-refractivity contribution in [3.05, 3.63) is 65.4 Å². The van der Waals surface area contributed by atoms with E-state index in [4.69, 9.17) is 9.47 Å². The molecule has 0 radical (unpaired) electrons. The van der Waals surface area contributed by atoms with Crippen molar-refractivity contribution in [3.8, 4) is 5.75 Å².